The van der Waals surface area contributed by atoms with Crippen LogP contribution >= 0.6 is 35.0 Å². The van der Waals surface area contributed by atoms with Gasteiger partial charge in [0.05, 0.1) is 10.0 Å². The SMILES string of the molecule is CCN=C1SC(CC(=O)Nc2ccc(Cl)c(Cl)c2)C(=O)N1CC. The standard InChI is InChI=1S/C15H17Cl2N3O2S/c1-3-18-15-20(4-2)14(22)12(23-15)8-13(21)19-9-5-6-10(16)11(17)7-9/h5-7,12H,3-4,8H2,1-2H3,(H,19,21). The van der Waals surface area contributed by atoms with Crippen molar-refractivity contribution in [2.75, 3.05) is 18.4 Å². The fraction of sp³-hybridized carbons (Fsp3) is 0.400. The number of nitrogens with one attached hydrogen (secondary N) is 1. The van der Waals surface area contributed by atoms with Crippen molar-refractivity contribution >= 4 is 57.6 Å². The molecule has 5 nitrogen and oxygen atoms in total. The first-order valence-corrected chi connectivity index (χ1v) is 8.87. The van der Waals surface area contributed by atoms with Gasteiger partial charge in [-0.2, -0.15) is 0 Å². The smallest absolute Gasteiger partial charge is 0.242 e. The maximum absolute atomic E-state index is 12.3. The Morgan fingerprint density at radius 2 is 2.09 bits per heavy atom. The summed E-state index contributed by atoms with van der Waals surface area (Å²) in [7, 11) is 0. The molecule has 2 amide bonds. The third-order valence-electron chi connectivity index (χ3n) is 3.20. The molecular formula is C15H17Cl2N3O2S. The van der Waals surface area contributed by atoms with Gasteiger partial charge in [0.15, 0.2) is 5.17 Å². The average Bonchev–Trinajstić information content (AvgIpc) is 2.79. The summed E-state index contributed by atoms with van der Waals surface area (Å²) in [6.45, 7) is 4.96. The third-order valence-corrected chi connectivity index (χ3v) is 5.16. The van der Waals surface area contributed by atoms with Gasteiger partial charge in [-0.05, 0) is 32.0 Å². The predicted molar refractivity (Wildman–Crippen MR) is 96.5 cm³/mol. The van der Waals surface area contributed by atoms with Crippen molar-refractivity contribution < 1.29 is 9.59 Å². The molecule has 0 spiro atoms. The van der Waals surface area contributed by atoms with E-state index in [1.54, 1.807) is 23.1 Å². The van der Waals surface area contributed by atoms with Crippen LogP contribution < -0.4 is 5.32 Å². The number of rotatable bonds is 5. The Hall–Kier alpha value is -1.24. The number of halogens is 2. The van der Waals surface area contributed by atoms with Crippen molar-refractivity contribution in [3.8, 4) is 0 Å². The number of nitrogens with zero attached hydrogens (tertiary/aromatic N) is 2. The minimum Gasteiger partial charge on any atom is -0.326 e. The lowest BCUT2D eigenvalue weighted by atomic mass is 10.2. The number of carbonyl (C=O) groups is 2. The summed E-state index contributed by atoms with van der Waals surface area (Å²) < 4.78 is 0. The van der Waals surface area contributed by atoms with Crippen LogP contribution in [-0.4, -0.2) is 40.2 Å². The number of hydrogen-bond donors (Lipinski definition) is 1. The average molecular weight is 374 g/mol. The summed E-state index contributed by atoms with van der Waals surface area (Å²) in [6.07, 6.45) is 0.0863. The molecule has 1 aromatic rings. The normalized spacial score (nSPS) is 19.5. The third kappa shape index (κ3) is 4.40. The van der Waals surface area contributed by atoms with E-state index in [9.17, 15) is 9.59 Å². The van der Waals surface area contributed by atoms with Crippen LogP contribution in [0.2, 0.25) is 10.0 Å². The molecule has 1 aliphatic heterocycles. The summed E-state index contributed by atoms with van der Waals surface area (Å²) in [5, 5.41) is 3.76. The van der Waals surface area contributed by atoms with E-state index in [2.05, 4.69) is 10.3 Å². The van der Waals surface area contributed by atoms with Gasteiger partial charge in [-0.15, -0.1) is 0 Å². The van der Waals surface area contributed by atoms with E-state index >= 15 is 0 Å². The highest BCUT2D eigenvalue weighted by atomic mass is 35.5. The van der Waals surface area contributed by atoms with Crippen LogP contribution in [0.25, 0.3) is 0 Å². The summed E-state index contributed by atoms with van der Waals surface area (Å²) in [6, 6.07) is 4.85. The van der Waals surface area contributed by atoms with E-state index in [0.717, 1.165) is 0 Å². The monoisotopic (exact) mass is 373 g/mol. The minimum atomic E-state index is -0.442. The summed E-state index contributed by atoms with van der Waals surface area (Å²) >= 11 is 13.1. The van der Waals surface area contributed by atoms with Gasteiger partial charge in [0.25, 0.3) is 0 Å². The molecule has 124 valence electrons. The molecule has 1 aromatic carbocycles. The number of hydrogen-bond acceptors (Lipinski definition) is 4. The van der Waals surface area contributed by atoms with Crippen LogP contribution in [-0.2, 0) is 9.59 Å². The Morgan fingerprint density at radius 3 is 2.70 bits per heavy atom. The lowest BCUT2D eigenvalue weighted by Gasteiger charge is -2.13. The molecule has 1 fully saturated rings. The molecule has 1 heterocycles. The van der Waals surface area contributed by atoms with E-state index in [1.165, 1.54) is 11.8 Å². The van der Waals surface area contributed by atoms with E-state index in [-0.39, 0.29) is 18.2 Å². The Labute approximate surface area is 149 Å². The number of carbonyl (C=O) groups excluding carboxylic acids is 2. The highest BCUT2D eigenvalue weighted by Gasteiger charge is 2.38. The maximum atomic E-state index is 12.3. The number of anilines is 1. The molecule has 0 bridgehead atoms. The minimum absolute atomic E-state index is 0.0750. The zero-order valence-electron chi connectivity index (χ0n) is 12.8. The van der Waals surface area contributed by atoms with E-state index in [4.69, 9.17) is 23.2 Å². The highest BCUT2D eigenvalue weighted by molar-refractivity contribution is 8.15. The van der Waals surface area contributed by atoms with Crippen LogP contribution in [0.1, 0.15) is 20.3 Å². The van der Waals surface area contributed by atoms with E-state index < -0.39 is 5.25 Å². The first kappa shape index (κ1) is 18.1. The van der Waals surface area contributed by atoms with Crippen molar-refractivity contribution in [1.29, 1.82) is 0 Å². The van der Waals surface area contributed by atoms with Gasteiger partial charge in [-0.1, -0.05) is 35.0 Å². The zero-order chi connectivity index (χ0) is 17.0. The maximum Gasteiger partial charge on any atom is 0.242 e. The zero-order valence-corrected chi connectivity index (χ0v) is 15.1. The molecule has 2 rings (SSSR count). The van der Waals surface area contributed by atoms with Crippen LogP contribution in [0.3, 0.4) is 0 Å². The number of benzene rings is 1. The van der Waals surface area contributed by atoms with Crippen LogP contribution in [0.15, 0.2) is 23.2 Å². The van der Waals surface area contributed by atoms with Crippen molar-refractivity contribution in [1.82, 2.24) is 4.90 Å². The van der Waals surface area contributed by atoms with Crippen molar-refractivity contribution in [2.45, 2.75) is 25.5 Å². The molecule has 23 heavy (non-hydrogen) atoms. The molecule has 1 saturated heterocycles. The van der Waals surface area contributed by atoms with Gasteiger partial charge in [0.2, 0.25) is 11.8 Å². The lowest BCUT2D eigenvalue weighted by Crippen LogP contribution is -2.33. The highest BCUT2D eigenvalue weighted by Crippen LogP contribution is 2.30. The second kappa shape index (κ2) is 8.04. The molecule has 1 aliphatic rings. The van der Waals surface area contributed by atoms with Crippen LogP contribution in [0.4, 0.5) is 5.69 Å². The summed E-state index contributed by atoms with van der Waals surface area (Å²) in [5.41, 5.74) is 0.551. The number of amidine groups is 1. The van der Waals surface area contributed by atoms with Crippen LogP contribution in [0.5, 0.6) is 0 Å². The molecule has 1 N–H and O–H groups in total. The Balaban J connectivity index is 2.01. The van der Waals surface area contributed by atoms with Gasteiger partial charge in [0.1, 0.15) is 5.25 Å². The first-order chi connectivity index (χ1) is 11.0. The van der Waals surface area contributed by atoms with Gasteiger partial charge in [-0.25, -0.2) is 0 Å². The van der Waals surface area contributed by atoms with Crippen LogP contribution in [0, 0.1) is 0 Å². The van der Waals surface area contributed by atoms with E-state index in [1.807, 2.05) is 13.8 Å². The second-order valence-electron chi connectivity index (χ2n) is 4.83. The Morgan fingerprint density at radius 1 is 1.35 bits per heavy atom. The van der Waals surface area contributed by atoms with Gasteiger partial charge in [0, 0.05) is 25.2 Å². The molecule has 0 radical (unpaired) electrons. The molecule has 0 aliphatic carbocycles. The fourth-order valence-electron chi connectivity index (χ4n) is 2.14. The lowest BCUT2D eigenvalue weighted by molar-refractivity contribution is -0.128. The fourth-order valence-corrected chi connectivity index (χ4v) is 3.71. The largest absolute Gasteiger partial charge is 0.326 e. The number of amides is 2. The Bertz CT molecular complexity index is 652. The van der Waals surface area contributed by atoms with Crippen molar-refractivity contribution in [3.63, 3.8) is 0 Å². The van der Waals surface area contributed by atoms with Gasteiger partial charge >= 0.3 is 0 Å². The van der Waals surface area contributed by atoms with Gasteiger partial charge < -0.3 is 5.32 Å². The van der Waals surface area contributed by atoms with E-state index in [0.29, 0.717) is 34.0 Å². The molecular weight excluding hydrogens is 357 g/mol. The molecule has 1 atom stereocenters. The molecule has 1 unspecified atom stereocenters. The van der Waals surface area contributed by atoms with Gasteiger partial charge in [-0.3, -0.25) is 19.5 Å². The molecule has 8 heteroatoms. The van der Waals surface area contributed by atoms with Crippen molar-refractivity contribution in [3.05, 3.63) is 28.2 Å². The summed E-state index contributed by atoms with van der Waals surface area (Å²) in [5.74, 6) is -0.322. The number of aliphatic imine (C=N–C) groups is 1. The second-order valence-corrected chi connectivity index (χ2v) is 6.81. The number of thioether (sulfide) groups is 1. The molecule has 0 aromatic heterocycles. The predicted octanol–water partition coefficient (Wildman–Crippen LogP) is 3.66. The molecule has 0 saturated carbocycles. The first-order valence-electron chi connectivity index (χ1n) is 7.23. The summed E-state index contributed by atoms with van der Waals surface area (Å²) in [4.78, 5) is 30.4. The quantitative estimate of drug-likeness (QED) is 0.856. The van der Waals surface area contributed by atoms with Crippen molar-refractivity contribution in [2.24, 2.45) is 4.99 Å². The Kier molecular flexibility index (Phi) is 6.33. The topological polar surface area (TPSA) is 61.8 Å².